The van der Waals surface area contributed by atoms with Gasteiger partial charge in [-0.1, -0.05) is 0 Å². The van der Waals surface area contributed by atoms with Crippen molar-refractivity contribution in [2.75, 3.05) is 13.2 Å². The Hall–Kier alpha value is -0.0800. The number of ether oxygens (including phenoxy) is 1. The molecule has 0 aromatic carbocycles. The van der Waals surface area contributed by atoms with E-state index in [0.29, 0.717) is 6.04 Å². The molecule has 1 heterocycles. The first-order valence-corrected chi connectivity index (χ1v) is 4.69. The van der Waals surface area contributed by atoms with Crippen LogP contribution in [-0.4, -0.2) is 19.3 Å². The van der Waals surface area contributed by atoms with Crippen molar-refractivity contribution in [3.05, 3.63) is 0 Å². The minimum Gasteiger partial charge on any atom is -0.381 e. The van der Waals surface area contributed by atoms with Crippen molar-refractivity contribution in [3.63, 3.8) is 0 Å². The molecule has 1 aliphatic carbocycles. The van der Waals surface area contributed by atoms with Gasteiger partial charge in [-0.15, -0.1) is 0 Å². The van der Waals surface area contributed by atoms with Crippen molar-refractivity contribution in [3.8, 4) is 0 Å². The molecule has 2 rings (SSSR count). The SMILES string of the molecule is NC1CC1CC1CCOCC1. The van der Waals surface area contributed by atoms with Gasteiger partial charge in [0.25, 0.3) is 0 Å². The van der Waals surface area contributed by atoms with Crippen molar-refractivity contribution in [2.24, 2.45) is 17.6 Å². The molecule has 2 unspecified atom stereocenters. The summed E-state index contributed by atoms with van der Waals surface area (Å²) in [5.41, 5.74) is 5.75. The van der Waals surface area contributed by atoms with Crippen molar-refractivity contribution in [2.45, 2.75) is 31.7 Å². The lowest BCUT2D eigenvalue weighted by Gasteiger charge is -2.21. The predicted molar refractivity (Wildman–Crippen MR) is 44.2 cm³/mol. The quantitative estimate of drug-likeness (QED) is 0.649. The third kappa shape index (κ3) is 1.94. The normalized spacial score (nSPS) is 39.0. The molecule has 0 aromatic heterocycles. The van der Waals surface area contributed by atoms with Crippen LogP contribution in [0.15, 0.2) is 0 Å². The summed E-state index contributed by atoms with van der Waals surface area (Å²) in [4.78, 5) is 0. The zero-order valence-corrected chi connectivity index (χ0v) is 6.96. The molecule has 2 atom stereocenters. The maximum absolute atomic E-state index is 5.75. The second-order valence-electron chi connectivity index (χ2n) is 3.95. The number of hydrogen-bond acceptors (Lipinski definition) is 2. The van der Waals surface area contributed by atoms with E-state index in [1.165, 1.54) is 25.7 Å². The summed E-state index contributed by atoms with van der Waals surface area (Å²) in [5, 5.41) is 0. The zero-order valence-electron chi connectivity index (χ0n) is 6.96. The van der Waals surface area contributed by atoms with Crippen LogP contribution >= 0.6 is 0 Å². The van der Waals surface area contributed by atoms with Gasteiger partial charge in [-0.3, -0.25) is 0 Å². The van der Waals surface area contributed by atoms with Crippen LogP contribution in [0.5, 0.6) is 0 Å². The summed E-state index contributed by atoms with van der Waals surface area (Å²) < 4.78 is 5.30. The highest BCUT2D eigenvalue weighted by Crippen LogP contribution is 2.36. The zero-order chi connectivity index (χ0) is 7.68. The largest absolute Gasteiger partial charge is 0.381 e. The van der Waals surface area contributed by atoms with Gasteiger partial charge in [0.2, 0.25) is 0 Å². The first kappa shape index (κ1) is 7.56. The second-order valence-corrected chi connectivity index (χ2v) is 3.95. The molecule has 0 bridgehead atoms. The summed E-state index contributed by atoms with van der Waals surface area (Å²) >= 11 is 0. The molecule has 0 amide bonds. The number of nitrogens with two attached hydrogens (primary N) is 1. The highest BCUT2D eigenvalue weighted by atomic mass is 16.5. The van der Waals surface area contributed by atoms with Crippen molar-refractivity contribution in [1.29, 1.82) is 0 Å². The molecule has 2 nitrogen and oxygen atoms in total. The third-order valence-electron chi connectivity index (χ3n) is 2.95. The van der Waals surface area contributed by atoms with E-state index < -0.39 is 0 Å². The van der Waals surface area contributed by atoms with Crippen LogP contribution in [0.2, 0.25) is 0 Å². The van der Waals surface area contributed by atoms with Crippen LogP contribution < -0.4 is 5.73 Å². The Morgan fingerprint density at radius 3 is 2.45 bits per heavy atom. The van der Waals surface area contributed by atoms with Gasteiger partial charge in [-0.25, -0.2) is 0 Å². The first-order valence-electron chi connectivity index (χ1n) is 4.69. The van der Waals surface area contributed by atoms with Gasteiger partial charge in [-0.2, -0.15) is 0 Å². The molecule has 0 spiro atoms. The van der Waals surface area contributed by atoms with E-state index in [0.717, 1.165) is 25.0 Å². The number of hydrogen-bond donors (Lipinski definition) is 1. The molecule has 2 aliphatic rings. The van der Waals surface area contributed by atoms with E-state index in [1.54, 1.807) is 0 Å². The maximum atomic E-state index is 5.75. The van der Waals surface area contributed by atoms with Crippen LogP contribution in [0.3, 0.4) is 0 Å². The Morgan fingerprint density at radius 2 is 1.91 bits per heavy atom. The minimum atomic E-state index is 0.540. The van der Waals surface area contributed by atoms with Gasteiger partial charge in [0.15, 0.2) is 0 Å². The van der Waals surface area contributed by atoms with E-state index in [-0.39, 0.29) is 0 Å². The highest BCUT2D eigenvalue weighted by Gasteiger charge is 2.35. The standard InChI is InChI=1S/C9H17NO/c10-9-6-8(9)5-7-1-3-11-4-2-7/h7-9H,1-6,10H2. The van der Waals surface area contributed by atoms with E-state index in [1.807, 2.05) is 0 Å². The molecule has 64 valence electrons. The molecule has 1 aliphatic heterocycles. The smallest absolute Gasteiger partial charge is 0.0468 e. The van der Waals surface area contributed by atoms with Crippen LogP contribution in [0, 0.1) is 11.8 Å². The van der Waals surface area contributed by atoms with E-state index >= 15 is 0 Å². The monoisotopic (exact) mass is 155 g/mol. The minimum absolute atomic E-state index is 0.540. The summed E-state index contributed by atoms with van der Waals surface area (Å²) in [6, 6.07) is 0.540. The Bertz CT molecular complexity index is 132. The summed E-state index contributed by atoms with van der Waals surface area (Å²) in [7, 11) is 0. The van der Waals surface area contributed by atoms with Gasteiger partial charge in [-0.05, 0) is 37.5 Å². The summed E-state index contributed by atoms with van der Waals surface area (Å²) in [6.07, 6.45) is 5.17. The van der Waals surface area contributed by atoms with Gasteiger partial charge >= 0.3 is 0 Å². The van der Waals surface area contributed by atoms with Gasteiger partial charge in [0.05, 0.1) is 0 Å². The maximum Gasteiger partial charge on any atom is 0.0468 e. The molecule has 0 aromatic rings. The van der Waals surface area contributed by atoms with Gasteiger partial charge in [0, 0.05) is 19.3 Å². The second kappa shape index (κ2) is 3.11. The molecule has 11 heavy (non-hydrogen) atoms. The van der Waals surface area contributed by atoms with E-state index in [4.69, 9.17) is 10.5 Å². The third-order valence-corrected chi connectivity index (χ3v) is 2.95. The van der Waals surface area contributed by atoms with Gasteiger partial charge < -0.3 is 10.5 Å². The molecular formula is C9H17NO. The van der Waals surface area contributed by atoms with Crippen LogP contribution in [0.1, 0.15) is 25.7 Å². The summed E-state index contributed by atoms with van der Waals surface area (Å²) in [6.45, 7) is 1.96. The average Bonchev–Trinajstić information content (AvgIpc) is 2.69. The van der Waals surface area contributed by atoms with Crippen molar-refractivity contribution >= 4 is 0 Å². The Kier molecular flexibility index (Phi) is 2.14. The lowest BCUT2D eigenvalue weighted by molar-refractivity contribution is 0.0621. The number of rotatable bonds is 2. The summed E-state index contributed by atoms with van der Waals surface area (Å²) in [5.74, 6) is 1.78. The van der Waals surface area contributed by atoms with Crippen LogP contribution in [0.4, 0.5) is 0 Å². The molecular weight excluding hydrogens is 138 g/mol. The van der Waals surface area contributed by atoms with Crippen molar-refractivity contribution in [1.82, 2.24) is 0 Å². The molecule has 1 saturated carbocycles. The van der Waals surface area contributed by atoms with Gasteiger partial charge in [0.1, 0.15) is 0 Å². The molecule has 0 radical (unpaired) electrons. The Balaban J connectivity index is 1.68. The molecule has 1 saturated heterocycles. The fraction of sp³-hybridized carbons (Fsp3) is 1.00. The van der Waals surface area contributed by atoms with Crippen LogP contribution in [0.25, 0.3) is 0 Å². The molecule has 2 N–H and O–H groups in total. The van der Waals surface area contributed by atoms with E-state index in [9.17, 15) is 0 Å². The lowest BCUT2D eigenvalue weighted by Crippen LogP contribution is -2.17. The van der Waals surface area contributed by atoms with Crippen molar-refractivity contribution < 1.29 is 4.74 Å². The average molecular weight is 155 g/mol. The molecule has 2 fully saturated rings. The highest BCUT2D eigenvalue weighted by molar-refractivity contribution is 4.91. The predicted octanol–water partition coefficient (Wildman–Crippen LogP) is 1.15. The van der Waals surface area contributed by atoms with E-state index in [2.05, 4.69) is 0 Å². The Labute approximate surface area is 68.1 Å². The first-order chi connectivity index (χ1) is 5.36. The lowest BCUT2D eigenvalue weighted by atomic mass is 9.94. The molecule has 2 heteroatoms. The Morgan fingerprint density at radius 1 is 1.27 bits per heavy atom. The van der Waals surface area contributed by atoms with Crippen LogP contribution in [-0.2, 0) is 4.74 Å². The fourth-order valence-corrected chi connectivity index (χ4v) is 1.95. The fourth-order valence-electron chi connectivity index (χ4n) is 1.95. The topological polar surface area (TPSA) is 35.2 Å².